The minimum Gasteiger partial charge on any atom is -0.261 e. The first kappa shape index (κ1) is 26.7. The summed E-state index contributed by atoms with van der Waals surface area (Å²) in [5.74, 6) is 1.45. The van der Waals surface area contributed by atoms with Gasteiger partial charge in [-0.25, -0.2) is 0 Å². The normalized spacial score (nSPS) is 19.2. The molecule has 2 aromatic rings. The van der Waals surface area contributed by atoms with Crippen molar-refractivity contribution in [2.24, 2.45) is 5.41 Å². The Labute approximate surface area is 191 Å². The number of aryl methyl sites for hydroxylation is 2. The number of fused-ring (bicyclic) bond motifs is 1. The van der Waals surface area contributed by atoms with Crippen molar-refractivity contribution in [2.75, 3.05) is 0 Å². The van der Waals surface area contributed by atoms with Gasteiger partial charge in [0.05, 0.1) is 0 Å². The molecule has 0 radical (unpaired) electrons. The quantitative estimate of drug-likeness (QED) is 0.439. The van der Waals surface area contributed by atoms with Gasteiger partial charge in [-0.3, -0.25) is 4.98 Å². The highest BCUT2D eigenvalue weighted by Gasteiger charge is 2.28. The maximum atomic E-state index is 5.87. The molecule has 0 aliphatic heterocycles. The highest BCUT2D eigenvalue weighted by atomic mass is 35.5. The highest BCUT2D eigenvalue weighted by Crippen LogP contribution is 2.42. The van der Waals surface area contributed by atoms with Crippen molar-refractivity contribution in [1.29, 1.82) is 0 Å². The van der Waals surface area contributed by atoms with Gasteiger partial charge in [-0.2, -0.15) is 0 Å². The molecule has 2 heteroatoms. The van der Waals surface area contributed by atoms with E-state index in [1.807, 2.05) is 46.0 Å². The summed E-state index contributed by atoms with van der Waals surface area (Å²) >= 11 is 5.87. The highest BCUT2D eigenvalue weighted by molar-refractivity contribution is 6.30. The number of halogens is 1. The van der Waals surface area contributed by atoms with E-state index in [1.165, 1.54) is 60.9 Å². The fourth-order valence-electron chi connectivity index (χ4n) is 4.40. The van der Waals surface area contributed by atoms with Crippen LogP contribution in [-0.2, 0) is 6.42 Å². The Balaban J connectivity index is 0.000000265. The molecule has 4 rings (SSSR count). The van der Waals surface area contributed by atoms with Crippen molar-refractivity contribution in [2.45, 2.75) is 106 Å². The van der Waals surface area contributed by atoms with E-state index in [-0.39, 0.29) is 0 Å². The summed E-state index contributed by atoms with van der Waals surface area (Å²) in [6, 6.07) is 10.5. The molecule has 0 bridgehead atoms. The molecule has 168 valence electrons. The molecule has 1 fully saturated rings. The van der Waals surface area contributed by atoms with Gasteiger partial charge in [-0.15, -0.1) is 0 Å². The zero-order chi connectivity index (χ0) is 22.7. The molecule has 1 heterocycles. The molecule has 2 aliphatic rings. The first-order chi connectivity index (χ1) is 14.4. The van der Waals surface area contributed by atoms with E-state index in [9.17, 15) is 0 Å². The van der Waals surface area contributed by atoms with Crippen LogP contribution in [0.15, 0.2) is 36.5 Å². The van der Waals surface area contributed by atoms with Gasteiger partial charge < -0.3 is 0 Å². The van der Waals surface area contributed by atoms with Crippen LogP contribution in [0.4, 0.5) is 0 Å². The molecule has 30 heavy (non-hydrogen) atoms. The first-order valence-corrected chi connectivity index (χ1v) is 12.4. The molecule has 1 atom stereocenters. The predicted octanol–water partition coefficient (Wildman–Crippen LogP) is 9.52. The molecule has 2 aliphatic carbocycles. The summed E-state index contributed by atoms with van der Waals surface area (Å²) < 4.78 is 0. The Hall–Kier alpha value is -1.34. The van der Waals surface area contributed by atoms with Gasteiger partial charge in [0.1, 0.15) is 0 Å². The standard InChI is InChI=1S/C14H21N.C10H11Cl.2C2H6/c1-11-5-4-10-15-13(11)12-6-8-14(2,3)9-7-12;1-7-2-3-8-6-9(11)4-5-10(7)8;2*1-2/h4-5,10,12H,6-9H2,1-3H3;4-7H,2-3H2,1H3;2*1-2H3. The number of hydrogen-bond acceptors (Lipinski definition) is 1. The fraction of sp³-hybridized carbons (Fsp3) is 0.607. The lowest BCUT2D eigenvalue weighted by molar-refractivity contribution is 0.222. The lowest BCUT2D eigenvalue weighted by atomic mass is 9.72. The Morgan fingerprint density at radius 3 is 2.20 bits per heavy atom. The average molecular weight is 430 g/mol. The van der Waals surface area contributed by atoms with Gasteiger partial charge in [0.15, 0.2) is 0 Å². The van der Waals surface area contributed by atoms with Gasteiger partial charge in [0.25, 0.3) is 0 Å². The van der Waals surface area contributed by atoms with Crippen LogP contribution in [0.5, 0.6) is 0 Å². The maximum Gasteiger partial charge on any atom is 0.0463 e. The summed E-state index contributed by atoms with van der Waals surface area (Å²) in [6.45, 7) is 17.2. The van der Waals surface area contributed by atoms with Crippen molar-refractivity contribution >= 4 is 11.6 Å². The molecular formula is C28H44ClN. The topological polar surface area (TPSA) is 12.9 Å². The molecule has 0 spiro atoms. The minimum absolute atomic E-state index is 0.555. The number of rotatable bonds is 1. The number of benzene rings is 1. The number of hydrogen-bond donors (Lipinski definition) is 0. The molecule has 1 unspecified atom stereocenters. The Bertz CT molecular complexity index is 740. The Kier molecular flexibility index (Phi) is 11.7. The molecular weight excluding hydrogens is 386 g/mol. The van der Waals surface area contributed by atoms with E-state index in [0.717, 1.165) is 10.9 Å². The van der Waals surface area contributed by atoms with E-state index >= 15 is 0 Å². The maximum absolute atomic E-state index is 5.87. The van der Waals surface area contributed by atoms with Gasteiger partial charge in [0, 0.05) is 22.8 Å². The second-order valence-corrected chi connectivity index (χ2v) is 9.36. The smallest absolute Gasteiger partial charge is 0.0463 e. The van der Waals surface area contributed by atoms with E-state index in [2.05, 4.69) is 50.9 Å². The number of pyridine rings is 1. The van der Waals surface area contributed by atoms with E-state index in [0.29, 0.717) is 11.3 Å². The molecule has 0 N–H and O–H groups in total. The zero-order valence-corrected chi connectivity index (χ0v) is 21.4. The van der Waals surface area contributed by atoms with E-state index in [1.54, 1.807) is 0 Å². The van der Waals surface area contributed by atoms with Crippen molar-refractivity contribution in [1.82, 2.24) is 4.98 Å². The van der Waals surface area contributed by atoms with Crippen LogP contribution in [0.3, 0.4) is 0 Å². The van der Waals surface area contributed by atoms with Crippen molar-refractivity contribution in [3.63, 3.8) is 0 Å². The van der Waals surface area contributed by atoms with E-state index in [4.69, 9.17) is 11.6 Å². The minimum atomic E-state index is 0.555. The van der Waals surface area contributed by atoms with Gasteiger partial charge in [0.2, 0.25) is 0 Å². The van der Waals surface area contributed by atoms with Crippen molar-refractivity contribution < 1.29 is 0 Å². The fourth-order valence-corrected chi connectivity index (χ4v) is 4.59. The predicted molar refractivity (Wildman–Crippen MR) is 135 cm³/mol. The summed E-state index contributed by atoms with van der Waals surface area (Å²) in [7, 11) is 0. The van der Waals surface area contributed by atoms with Crippen LogP contribution < -0.4 is 0 Å². The first-order valence-electron chi connectivity index (χ1n) is 12.1. The third kappa shape index (κ3) is 7.73. The van der Waals surface area contributed by atoms with Gasteiger partial charge >= 0.3 is 0 Å². The number of nitrogens with zero attached hydrogens (tertiary/aromatic N) is 1. The molecule has 1 aromatic heterocycles. The molecule has 0 saturated heterocycles. The van der Waals surface area contributed by atoms with Crippen molar-refractivity contribution in [3.05, 3.63) is 63.9 Å². The molecule has 1 aromatic carbocycles. The summed E-state index contributed by atoms with van der Waals surface area (Å²) in [5.41, 5.74) is 6.20. The lowest BCUT2D eigenvalue weighted by Gasteiger charge is -2.34. The number of aromatic nitrogens is 1. The second kappa shape index (κ2) is 13.2. The Morgan fingerprint density at radius 2 is 1.60 bits per heavy atom. The second-order valence-electron chi connectivity index (χ2n) is 8.93. The largest absolute Gasteiger partial charge is 0.261 e. The van der Waals surface area contributed by atoms with Gasteiger partial charge in [-0.1, -0.05) is 72.2 Å². The zero-order valence-electron chi connectivity index (χ0n) is 20.7. The molecule has 0 amide bonds. The SMILES string of the molecule is CC.CC.CC1CCc2cc(Cl)ccc21.Cc1cccnc1C1CCC(C)(C)CC1. The van der Waals surface area contributed by atoms with Gasteiger partial charge in [-0.05, 0) is 91.7 Å². The molecule has 1 saturated carbocycles. The molecule has 1 nitrogen and oxygen atoms in total. The summed E-state index contributed by atoms with van der Waals surface area (Å²) in [6.07, 6.45) is 9.73. The Morgan fingerprint density at radius 1 is 0.967 bits per heavy atom. The van der Waals surface area contributed by atoms with Crippen LogP contribution >= 0.6 is 11.6 Å². The summed E-state index contributed by atoms with van der Waals surface area (Å²) in [4.78, 5) is 4.55. The van der Waals surface area contributed by atoms with Crippen molar-refractivity contribution in [3.8, 4) is 0 Å². The summed E-state index contributed by atoms with van der Waals surface area (Å²) in [5, 5.41) is 0.873. The van der Waals surface area contributed by atoms with Crippen LogP contribution in [-0.4, -0.2) is 4.98 Å². The third-order valence-electron chi connectivity index (χ3n) is 6.26. The monoisotopic (exact) mass is 429 g/mol. The lowest BCUT2D eigenvalue weighted by Crippen LogP contribution is -2.21. The van der Waals surface area contributed by atoms with Crippen LogP contribution in [0.1, 0.15) is 115 Å². The van der Waals surface area contributed by atoms with Crippen LogP contribution in [0, 0.1) is 12.3 Å². The third-order valence-corrected chi connectivity index (χ3v) is 6.49. The van der Waals surface area contributed by atoms with E-state index < -0.39 is 0 Å². The average Bonchev–Trinajstić information content (AvgIpc) is 3.12. The van der Waals surface area contributed by atoms with Crippen LogP contribution in [0.25, 0.3) is 0 Å². The van der Waals surface area contributed by atoms with Crippen LogP contribution in [0.2, 0.25) is 5.02 Å².